The second-order valence-corrected chi connectivity index (χ2v) is 9.87. The fraction of sp³-hybridized carbons (Fsp3) is 0.231. The molecule has 160 valence electrons. The number of rotatable bonds is 4. The van der Waals surface area contributed by atoms with Gasteiger partial charge in [0.05, 0.1) is 6.26 Å². The first-order valence-electron chi connectivity index (χ1n) is 10.4. The summed E-state index contributed by atoms with van der Waals surface area (Å²) in [5.41, 5.74) is 9.35. The minimum Gasteiger partial charge on any atom is -0.284 e. The summed E-state index contributed by atoms with van der Waals surface area (Å²) in [5, 5.41) is 0. The molecule has 5 heteroatoms. The van der Waals surface area contributed by atoms with Crippen molar-refractivity contribution in [2.24, 2.45) is 0 Å². The highest BCUT2D eigenvalue weighted by Crippen LogP contribution is 2.40. The van der Waals surface area contributed by atoms with Gasteiger partial charge in [0, 0.05) is 5.69 Å². The standard InChI is InChI=1S/C26H26FNO2S/c1-4-23(18-6-5-7-22(16-18)28-31(3,29)30)26-24-12-8-17(2)14-19(24)9-10-20-15-21(27)11-13-25(20)26/h5-8,11-16,28H,4,9-10H2,1-3H3/b26-23+. The van der Waals surface area contributed by atoms with E-state index in [2.05, 4.69) is 36.8 Å². The van der Waals surface area contributed by atoms with Gasteiger partial charge in [0.1, 0.15) is 5.82 Å². The van der Waals surface area contributed by atoms with Crippen LogP contribution in [0.15, 0.2) is 60.7 Å². The van der Waals surface area contributed by atoms with Gasteiger partial charge < -0.3 is 0 Å². The lowest BCUT2D eigenvalue weighted by Crippen LogP contribution is -2.09. The summed E-state index contributed by atoms with van der Waals surface area (Å²) in [7, 11) is -3.37. The largest absolute Gasteiger partial charge is 0.284 e. The summed E-state index contributed by atoms with van der Waals surface area (Å²) in [6.07, 6.45) is 3.53. The number of anilines is 1. The molecule has 31 heavy (non-hydrogen) atoms. The van der Waals surface area contributed by atoms with Crippen molar-refractivity contribution in [2.75, 3.05) is 11.0 Å². The molecule has 0 fully saturated rings. The number of fused-ring (bicyclic) bond motifs is 2. The van der Waals surface area contributed by atoms with E-state index < -0.39 is 10.0 Å². The highest BCUT2D eigenvalue weighted by atomic mass is 32.2. The van der Waals surface area contributed by atoms with Gasteiger partial charge in [-0.15, -0.1) is 0 Å². The topological polar surface area (TPSA) is 46.2 Å². The molecule has 0 aliphatic heterocycles. The van der Waals surface area contributed by atoms with Crippen molar-refractivity contribution in [3.63, 3.8) is 0 Å². The Morgan fingerprint density at radius 3 is 2.32 bits per heavy atom. The van der Waals surface area contributed by atoms with E-state index in [1.54, 1.807) is 12.1 Å². The maximum Gasteiger partial charge on any atom is 0.229 e. The molecule has 0 radical (unpaired) electrons. The van der Waals surface area contributed by atoms with Gasteiger partial charge in [-0.2, -0.15) is 0 Å². The minimum absolute atomic E-state index is 0.224. The maximum absolute atomic E-state index is 14.1. The van der Waals surface area contributed by atoms with Crippen LogP contribution in [0.3, 0.4) is 0 Å². The lowest BCUT2D eigenvalue weighted by Gasteiger charge is -2.19. The second-order valence-electron chi connectivity index (χ2n) is 8.12. The lowest BCUT2D eigenvalue weighted by molar-refractivity contribution is 0.607. The van der Waals surface area contributed by atoms with Crippen LogP contribution in [0, 0.1) is 12.7 Å². The molecule has 1 aliphatic carbocycles. The fourth-order valence-electron chi connectivity index (χ4n) is 4.44. The summed E-state index contributed by atoms with van der Waals surface area (Å²) >= 11 is 0. The van der Waals surface area contributed by atoms with Gasteiger partial charge in [-0.3, -0.25) is 4.72 Å². The molecule has 0 atom stereocenters. The van der Waals surface area contributed by atoms with E-state index in [1.165, 1.54) is 17.2 Å². The molecule has 0 aromatic heterocycles. The molecule has 0 bridgehead atoms. The number of benzene rings is 3. The number of allylic oxidation sites excluding steroid dienone is 1. The molecule has 0 unspecified atom stereocenters. The molecule has 1 aliphatic rings. The summed E-state index contributed by atoms with van der Waals surface area (Å²) < 4.78 is 40.1. The molecule has 3 nitrogen and oxygen atoms in total. The lowest BCUT2D eigenvalue weighted by atomic mass is 9.85. The summed E-state index contributed by atoms with van der Waals surface area (Å²) in [6.45, 7) is 4.18. The molecule has 1 N–H and O–H groups in total. The molecule has 3 aromatic carbocycles. The van der Waals surface area contributed by atoms with E-state index in [9.17, 15) is 12.8 Å². The van der Waals surface area contributed by atoms with Crippen LogP contribution in [0.2, 0.25) is 0 Å². The molecule has 3 aromatic rings. The van der Waals surface area contributed by atoms with Crippen LogP contribution in [0.5, 0.6) is 0 Å². The minimum atomic E-state index is -3.37. The van der Waals surface area contributed by atoms with Crippen molar-refractivity contribution < 1.29 is 12.8 Å². The van der Waals surface area contributed by atoms with Gasteiger partial charge in [-0.25, -0.2) is 12.8 Å². The zero-order valence-electron chi connectivity index (χ0n) is 18.0. The molecular weight excluding hydrogens is 409 g/mol. The van der Waals surface area contributed by atoms with Crippen molar-refractivity contribution in [3.05, 3.63) is 99.9 Å². The fourth-order valence-corrected chi connectivity index (χ4v) is 4.99. The number of hydrogen-bond acceptors (Lipinski definition) is 2. The zero-order valence-corrected chi connectivity index (χ0v) is 18.8. The second kappa shape index (κ2) is 8.31. The smallest absolute Gasteiger partial charge is 0.229 e. The van der Waals surface area contributed by atoms with Crippen LogP contribution in [0.1, 0.15) is 46.7 Å². The Bertz CT molecular complexity index is 1240. The average Bonchev–Trinajstić information content (AvgIpc) is 2.84. The predicted octanol–water partition coefficient (Wildman–Crippen LogP) is 5.97. The third-order valence-corrected chi connectivity index (χ3v) is 6.31. The van der Waals surface area contributed by atoms with Crippen LogP contribution < -0.4 is 4.72 Å². The van der Waals surface area contributed by atoms with Gasteiger partial charge in [0.15, 0.2) is 0 Å². The predicted molar refractivity (Wildman–Crippen MR) is 126 cm³/mol. The van der Waals surface area contributed by atoms with Gasteiger partial charge >= 0.3 is 0 Å². The first kappa shape index (κ1) is 21.3. The molecule has 0 amide bonds. The average molecular weight is 436 g/mol. The van der Waals surface area contributed by atoms with Gasteiger partial charge in [0.2, 0.25) is 10.0 Å². The van der Waals surface area contributed by atoms with Crippen molar-refractivity contribution in [3.8, 4) is 0 Å². The highest BCUT2D eigenvalue weighted by molar-refractivity contribution is 7.92. The Morgan fingerprint density at radius 2 is 1.65 bits per heavy atom. The van der Waals surface area contributed by atoms with E-state index in [-0.39, 0.29) is 5.82 Å². The van der Waals surface area contributed by atoms with E-state index >= 15 is 0 Å². The summed E-state index contributed by atoms with van der Waals surface area (Å²) in [5.74, 6) is -0.224. The molecule has 0 saturated carbocycles. The van der Waals surface area contributed by atoms with Crippen molar-refractivity contribution in [2.45, 2.75) is 33.1 Å². The van der Waals surface area contributed by atoms with E-state index in [4.69, 9.17) is 0 Å². The van der Waals surface area contributed by atoms with Gasteiger partial charge in [-0.1, -0.05) is 48.9 Å². The van der Waals surface area contributed by atoms with Crippen LogP contribution in [-0.4, -0.2) is 14.7 Å². The highest BCUT2D eigenvalue weighted by Gasteiger charge is 2.22. The number of hydrogen-bond donors (Lipinski definition) is 1. The maximum atomic E-state index is 14.1. The molecule has 4 rings (SSSR count). The SMILES string of the molecule is CC/C(=C1/c2ccc(C)cc2CCc2cc(F)ccc21)c1cccc(NS(C)(=O)=O)c1. The van der Waals surface area contributed by atoms with Crippen LogP contribution in [-0.2, 0) is 22.9 Å². The summed E-state index contributed by atoms with van der Waals surface area (Å²) in [4.78, 5) is 0. The Morgan fingerprint density at radius 1 is 0.968 bits per heavy atom. The Balaban J connectivity index is 2.00. The van der Waals surface area contributed by atoms with Crippen molar-refractivity contribution >= 4 is 26.9 Å². The molecular formula is C26H26FNO2S. The number of halogens is 1. The van der Waals surface area contributed by atoms with Crippen LogP contribution in [0.4, 0.5) is 10.1 Å². The van der Waals surface area contributed by atoms with Crippen molar-refractivity contribution in [1.82, 2.24) is 0 Å². The Hall–Kier alpha value is -2.92. The monoisotopic (exact) mass is 435 g/mol. The first-order chi connectivity index (χ1) is 14.7. The number of aryl methyl sites for hydroxylation is 3. The van der Waals surface area contributed by atoms with E-state index in [0.717, 1.165) is 58.9 Å². The molecule has 0 saturated heterocycles. The summed E-state index contributed by atoms with van der Waals surface area (Å²) in [6, 6.07) is 19.0. The van der Waals surface area contributed by atoms with Gasteiger partial charge in [0.25, 0.3) is 0 Å². The molecule has 0 spiro atoms. The number of sulfonamides is 1. The quantitative estimate of drug-likeness (QED) is 0.548. The Labute approximate surface area is 183 Å². The Kier molecular flexibility index (Phi) is 5.71. The van der Waals surface area contributed by atoms with Crippen LogP contribution in [0.25, 0.3) is 11.1 Å². The van der Waals surface area contributed by atoms with E-state index in [1.807, 2.05) is 24.3 Å². The normalized spacial score (nSPS) is 15.0. The molecule has 0 heterocycles. The van der Waals surface area contributed by atoms with E-state index in [0.29, 0.717) is 5.69 Å². The first-order valence-corrected chi connectivity index (χ1v) is 12.3. The third kappa shape index (κ3) is 4.57. The van der Waals surface area contributed by atoms with Crippen molar-refractivity contribution in [1.29, 1.82) is 0 Å². The number of nitrogens with one attached hydrogen (secondary N) is 1. The van der Waals surface area contributed by atoms with Crippen LogP contribution >= 0.6 is 0 Å². The van der Waals surface area contributed by atoms with Gasteiger partial charge in [-0.05, 0) is 89.4 Å². The zero-order chi connectivity index (χ0) is 22.2. The third-order valence-electron chi connectivity index (χ3n) is 5.70.